The van der Waals surface area contributed by atoms with Crippen molar-refractivity contribution in [1.29, 1.82) is 5.26 Å². The second-order valence-corrected chi connectivity index (χ2v) is 2.54. The van der Waals surface area contributed by atoms with Crippen LogP contribution in [0.4, 0.5) is 4.39 Å². The first kappa shape index (κ1) is 9.20. The van der Waals surface area contributed by atoms with Gasteiger partial charge in [-0.2, -0.15) is 5.26 Å². The molecule has 0 radical (unpaired) electrons. The van der Waals surface area contributed by atoms with Crippen LogP contribution in [0.3, 0.4) is 0 Å². The number of hydrogen-bond donors (Lipinski definition) is 1. The number of halogens is 1. The normalized spacial score (nSPS) is 9.31. The van der Waals surface area contributed by atoms with Gasteiger partial charge >= 0.3 is 5.97 Å². The van der Waals surface area contributed by atoms with Crippen molar-refractivity contribution in [2.24, 2.45) is 0 Å². The minimum atomic E-state index is -1.35. The number of nitriles is 1. The first-order valence-electron chi connectivity index (χ1n) is 3.50. The standard InChI is InChI=1S/C9H6FNO2/c1-5-2-3-6(4-11)8(10)7(5)9(12)13/h2-3H,1H3,(H,12,13). The Kier molecular flexibility index (Phi) is 2.29. The van der Waals surface area contributed by atoms with Gasteiger partial charge in [0.15, 0.2) is 5.82 Å². The number of nitrogens with zero attached hydrogens (tertiary/aromatic N) is 1. The van der Waals surface area contributed by atoms with Gasteiger partial charge in [0.1, 0.15) is 6.07 Å². The molecule has 0 fully saturated rings. The van der Waals surface area contributed by atoms with Gasteiger partial charge in [0, 0.05) is 0 Å². The number of aryl methyl sites for hydroxylation is 1. The van der Waals surface area contributed by atoms with Gasteiger partial charge in [-0.3, -0.25) is 0 Å². The van der Waals surface area contributed by atoms with Gasteiger partial charge in [-0.1, -0.05) is 6.07 Å². The van der Waals surface area contributed by atoms with E-state index in [0.29, 0.717) is 5.56 Å². The van der Waals surface area contributed by atoms with Crippen molar-refractivity contribution in [2.75, 3.05) is 0 Å². The van der Waals surface area contributed by atoms with E-state index >= 15 is 0 Å². The van der Waals surface area contributed by atoms with Crippen LogP contribution in [0.5, 0.6) is 0 Å². The zero-order chi connectivity index (χ0) is 10.0. The van der Waals surface area contributed by atoms with Crippen LogP contribution < -0.4 is 0 Å². The summed E-state index contributed by atoms with van der Waals surface area (Å²) in [5.74, 6) is -2.32. The first-order chi connectivity index (χ1) is 6.07. The molecule has 0 aliphatic rings. The van der Waals surface area contributed by atoms with Gasteiger partial charge in [-0.05, 0) is 18.6 Å². The number of carbonyl (C=O) groups is 1. The molecule has 0 amide bonds. The number of rotatable bonds is 1. The SMILES string of the molecule is Cc1ccc(C#N)c(F)c1C(=O)O. The van der Waals surface area contributed by atoms with Crippen molar-refractivity contribution in [3.05, 3.63) is 34.6 Å². The molecule has 1 rings (SSSR count). The van der Waals surface area contributed by atoms with E-state index in [1.807, 2.05) is 0 Å². The lowest BCUT2D eigenvalue weighted by atomic mass is 10.0. The topological polar surface area (TPSA) is 61.1 Å². The lowest BCUT2D eigenvalue weighted by molar-refractivity contribution is 0.0691. The van der Waals surface area contributed by atoms with Gasteiger partial charge in [-0.25, -0.2) is 9.18 Å². The minimum absolute atomic E-state index is 0.247. The van der Waals surface area contributed by atoms with Crippen molar-refractivity contribution in [3.63, 3.8) is 0 Å². The Balaban J connectivity index is 3.50. The van der Waals surface area contributed by atoms with E-state index in [-0.39, 0.29) is 5.56 Å². The van der Waals surface area contributed by atoms with Crippen LogP contribution in [0.25, 0.3) is 0 Å². The predicted octanol–water partition coefficient (Wildman–Crippen LogP) is 1.70. The highest BCUT2D eigenvalue weighted by atomic mass is 19.1. The lowest BCUT2D eigenvalue weighted by Gasteiger charge is -2.02. The van der Waals surface area contributed by atoms with Crippen LogP contribution >= 0.6 is 0 Å². The van der Waals surface area contributed by atoms with E-state index in [2.05, 4.69) is 0 Å². The van der Waals surface area contributed by atoms with Crippen LogP contribution in [0.15, 0.2) is 12.1 Å². The van der Waals surface area contributed by atoms with Gasteiger partial charge in [0.25, 0.3) is 0 Å². The summed E-state index contributed by atoms with van der Waals surface area (Å²) in [7, 11) is 0. The molecular formula is C9H6FNO2. The number of benzene rings is 1. The van der Waals surface area contributed by atoms with Gasteiger partial charge in [0.05, 0.1) is 11.1 Å². The summed E-state index contributed by atoms with van der Waals surface area (Å²) in [5, 5.41) is 17.0. The Morgan fingerprint density at radius 3 is 2.69 bits per heavy atom. The summed E-state index contributed by atoms with van der Waals surface area (Å²) in [5.41, 5.74) is -0.369. The summed E-state index contributed by atoms with van der Waals surface area (Å²) in [6.45, 7) is 1.48. The summed E-state index contributed by atoms with van der Waals surface area (Å²) >= 11 is 0. The fourth-order valence-electron chi connectivity index (χ4n) is 1.02. The highest BCUT2D eigenvalue weighted by Crippen LogP contribution is 2.16. The van der Waals surface area contributed by atoms with E-state index in [1.54, 1.807) is 6.07 Å². The molecule has 1 aromatic rings. The number of carboxylic acids is 1. The summed E-state index contributed by atoms with van der Waals surface area (Å²) in [4.78, 5) is 10.6. The molecule has 0 aromatic heterocycles. The first-order valence-corrected chi connectivity index (χ1v) is 3.50. The minimum Gasteiger partial charge on any atom is -0.478 e. The van der Waals surface area contributed by atoms with Crippen LogP contribution in [0, 0.1) is 24.1 Å². The van der Waals surface area contributed by atoms with Crippen molar-refractivity contribution < 1.29 is 14.3 Å². The van der Waals surface area contributed by atoms with Crippen molar-refractivity contribution in [2.45, 2.75) is 6.92 Å². The average Bonchev–Trinajstić information content (AvgIpc) is 2.04. The van der Waals surface area contributed by atoms with Crippen molar-refractivity contribution in [1.82, 2.24) is 0 Å². The maximum absolute atomic E-state index is 13.2. The quantitative estimate of drug-likeness (QED) is 0.713. The zero-order valence-corrected chi connectivity index (χ0v) is 6.84. The van der Waals surface area contributed by atoms with E-state index in [4.69, 9.17) is 10.4 Å². The third kappa shape index (κ3) is 1.49. The molecule has 0 aliphatic carbocycles. The fourth-order valence-corrected chi connectivity index (χ4v) is 1.02. The van der Waals surface area contributed by atoms with E-state index < -0.39 is 17.3 Å². The molecule has 0 saturated carbocycles. The molecule has 66 valence electrons. The summed E-state index contributed by atoms with van der Waals surface area (Å²) in [6, 6.07) is 4.25. The Bertz CT molecular complexity index is 407. The molecule has 0 heterocycles. The maximum Gasteiger partial charge on any atom is 0.339 e. The van der Waals surface area contributed by atoms with E-state index in [0.717, 1.165) is 0 Å². The van der Waals surface area contributed by atoms with Crippen LogP contribution in [-0.4, -0.2) is 11.1 Å². The molecule has 4 heteroatoms. The molecule has 0 spiro atoms. The van der Waals surface area contributed by atoms with E-state index in [9.17, 15) is 9.18 Å². The largest absolute Gasteiger partial charge is 0.478 e. The molecule has 0 unspecified atom stereocenters. The second kappa shape index (κ2) is 3.23. The van der Waals surface area contributed by atoms with Crippen molar-refractivity contribution >= 4 is 5.97 Å². The van der Waals surface area contributed by atoms with Gasteiger partial charge in [-0.15, -0.1) is 0 Å². The predicted molar refractivity (Wildman–Crippen MR) is 42.8 cm³/mol. The maximum atomic E-state index is 13.2. The Labute approximate surface area is 74.0 Å². The molecule has 0 atom stereocenters. The van der Waals surface area contributed by atoms with E-state index in [1.165, 1.54) is 19.1 Å². The summed E-state index contributed by atoms with van der Waals surface area (Å²) in [6.07, 6.45) is 0. The van der Waals surface area contributed by atoms with Gasteiger partial charge < -0.3 is 5.11 Å². The third-order valence-electron chi connectivity index (χ3n) is 1.68. The average molecular weight is 179 g/mol. The molecule has 0 saturated heterocycles. The fraction of sp³-hybridized carbons (Fsp3) is 0.111. The Morgan fingerprint density at radius 1 is 1.62 bits per heavy atom. The lowest BCUT2D eigenvalue weighted by Crippen LogP contribution is -2.05. The van der Waals surface area contributed by atoms with Gasteiger partial charge in [0.2, 0.25) is 0 Å². The Hall–Kier alpha value is -1.89. The van der Waals surface area contributed by atoms with Crippen LogP contribution in [0.1, 0.15) is 21.5 Å². The molecule has 13 heavy (non-hydrogen) atoms. The smallest absolute Gasteiger partial charge is 0.339 e. The highest BCUT2D eigenvalue weighted by molar-refractivity contribution is 5.90. The Morgan fingerprint density at radius 2 is 2.23 bits per heavy atom. The molecule has 1 N–H and O–H groups in total. The molecular weight excluding hydrogens is 173 g/mol. The molecule has 1 aromatic carbocycles. The molecule has 0 bridgehead atoms. The third-order valence-corrected chi connectivity index (χ3v) is 1.68. The number of carboxylic acid groups (broad SMARTS) is 1. The molecule has 3 nitrogen and oxygen atoms in total. The zero-order valence-electron chi connectivity index (χ0n) is 6.84. The highest BCUT2D eigenvalue weighted by Gasteiger charge is 2.16. The number of hydrogen-bond acceptors (Lipinski definition) is 2. The van der Waals surface area contributed by atoms with Crippen LogP contribution in [0.2, 0.25) is 0 Å². The van der Waals surface area contributed by atoms with Crippen LogP contribution in [-0.2, 0) is 0 Å². The second-order valence-electron chi connectivity index (χ2n) is 2.54. The van der Waals surface area contributed by atoms with Crippen molar-refractivity contribution in [3.8, 4) is 6.07 Å². The number of aromatic carboxylic acids is 1. The molecule has 0 aliphatic heterocycles. The monoisotopic (exact) mass is 179 g/mol. The summed E-state index contributed by atoms with van der Waals surface area (Å²) < 4.78 is 13.2.